The molecule has 0 spiro atoms. The zero-order valence-corrected chi connectivity index (χ0v) is 8.60. The Morgan fingerprint density at radius 1 is 1.40 bits per heavy atom. The maximum Gasteiger partial charge on any atom is 0.331 e. The molecule has 84 valence electrons. The van der Waals surface area contributed by atoms with Crippen molar-refractivity contribution in [3.8, 4) is 0 Å². The monoisotopic (exact) mass is 214 g/mol. The van der Waals surface area contributed by atoms with Crippen LogP contribution in [0.2, 0.25) is 0 Å². The molecule has 1 rings (SSSR count). The number of rotatable bonds is 4. The molecule has 0 N–H and O–H groups in total. The van der Waals surface area contributed by atoms with Crippen molar-refractivity contribution in [1.82, 2.24) is 0 Å². The van der Waals surface area contributed by atoms with Crippen LogP contribution < -0.4 is 0 Å². The smallest absolute Gasteiger partial charge is 0.331 e. The third-order valence-electron chi connectivity index (χ3n) is 1.99. The second-order valence-corrected chi connectivity index (χ2v) is 3.12. The van der Waals surface area contributed by atoms with E-state index in [4.69, 9.17) is 9.47 Å². The molecule has 0 aliphatic carbocycles. The van der Waals surface area contributed by atoms with Gasteiger partial charge in [-0.2, -0.15) is 0 Å². The van der Waals surface area contributed by atoms with Gasteiger partial charge in [0.15, 0.2) is 0 Å². The Bertz CT molecular complexity index is 253. The van der Waals surface area contributed by atoms with E-state index in [9.17, 15) is 9.59 Å². The van der Waals surface area contributed by atoms with Crippen molar-refractivity contribution in [2.24, 2.45) is 0 Å². The number of ether oxygens (including phenoxy) is 3. The number of carbonyl (C=O) groups is 2. The lowest BCUT2D eigenvalue weighted by Gasteiger charge is -2.08. The van der Waals surface area contributed by atoms with Crippen molar-refractivity contribution in [3.05, 3.63) is 12.2 Å². The fourth-order valence-corrected chi connectivity index (χ4v) is 1.20. The fraction of sp³-hybridized carbons (Fsp3) is 0.600. The molecule has 0 bridgehead atoms. The Labute approximate surface area is 88.0 Å². The van der Waals surface area contributed by atoms with Crippen LogP contribution in [0, 0.1) is 0 Å². The zero-order chi connectivity index (χ0) is 11.1. The average molecular weight is 214 g/mol. The Hall–Kier alpha value is -1.36. The van der Waals surface area contributed by atoms with Crippen molar-refractivity contribution in [2.75, 3.05) is 20.3 Å². The fourth-order valence-electron chi connectivity index (χ4n) is 1.20. The topological polar surface area (TPSA) is 61.8 Å². The minimum atomic E-state index is -0.580. The van der Waals surface area contributed by atoms with E-state index in [-0.39, 0.29) is 12.7 Å². The third kappa shape index (κ3) is 4.60. The summed E-state index contributed by atoms with van der Waals surface area (Å²) in [7, 11) is 1.24. The summed E-state index contributed by atoms with van der Waals surface area (Å²) in [6.07, 6.45) is 3.98. The normalized spacial score (nSPS) is 20.5. The predicted octanol–water partition coefficient (Wildman–Crippen LogP) is 0.438. The molecule has 5 heteroatoms. The molecule has 1 aliphatic rings. The Morgan fingerprint density at radius 3 is 2.73 bits per heavy atom. The summed E-state index contributed by atoms with van der Waals surface area (Å²) in [5, 5.41) is 0. The molecule has 1 unspecified atom stereocenters. The molecular formula is C10H14O5. The van der Waals surface area contributed by atoms with Crippen molar-refractivity contribution in [2.45, 2.75) is 18.9 Å². The first-order chi connectivity index (χ1) is 7.22. The Balaban J connectivity index is 2.17. The summed E-state index contributed by atoms with van der Waals surface area (Å²) in [6, 6.07) is 0. The SMILES string of the molecule is COC(=O)/C=C/C(=O)OCC1CCCO1. The first-order valence-corrected chi connectivity index (χ1v) is 4.76. The molecule has 0 radical (unpaired) electrons. The van der Waals surface area contributed by atoms with Crippen molar-refractivity contribution in [3.63, 3.8) is 0 Å². The molecule has 5 nitrogen and oxygen atoms in total. The molecule has 0 aromatic carbocycles. The maximum absolute atomic E-state index is 11.0. The van der Waals surface area contributed by atoms with Crippen LogP contribution in [-0.2, 0) is 23.8 Å². The van der Waals surface area contributed by atoms with Crippen LogP contribution in [0.15, 0.2) is 12.2 Å². The van der Waals surface area contributed by atoms with Gasteiger partial charge in [-0.25, -0.2) is 9.59 Å². The number of esters is 2. The minimum Gasteiger partial charge on any atom is -0.466 e. The van der Waals surface area contributed by atoms with E-state index in [1.807, 2.05) is 0 Å². The van der Waals surface area contributed by atoms with E-state index in [2.05, 4.69) is 4.74 Å². The summed E-state index contributed by atoms with van der Waals surface area (Å²) >= 11 is 0. The van der Waals surface area contributed by atoms with Crippen LogP contribution in [0.25, 0.3) is 0 Å². The van der Waals surface area contributed by atoms with Crippen LogP contribution in [0.1, 0.15) is 12.8 Å². The molecule has 0 aromatic rings. The number of methoxy groups -OCH3 is 1. The molecular weight excluding hydrogens is 200 g/mol. The van der Waals surface area contributed by atoms with E-state index in [1.165, 1.54) is 7.11 Å². The third-order valence-corrected chi connectivity index (χ3v) is 1.99. The van der Waals surface area contributed by atoms with Gasteiger partial charge < -0.3 is 14.2 Å². The highest BCUT2D eigenvalue weighted by Crippen LogP contribution is 2.11. The highest BCUT2D eigenvalue weighted by atomic mass is 16.6. The molecule has 0 saturated carbocycles. The summed E-state index contributed by atoms with van der Waals surface area (Å²) < 4.78 is 14.4. The average Bonchev–Trinajstić information content (AvgIpc) is 2.75. The van der Waals surface area contributed by atoms with E-state index in [0.717, 1.165) is 31.6 Å². The van der Waals surface area contributed by atoms with Gasteiger partial charge >= 0.3 is 11.9 Å². The summed E-state index contributed by atoms with van der Waals surface area (Å²) in [5.41, 5.74) is 0. The molecule has 1 fully saturated rings. The maximum atomic E-state index is 11.0. The second-order valence-electron chi connectivity index (χ2n) is 3.12. The van der Waals surface area contributed by atoms with Crippen molar-refractivity contribution >= 4 is 11.9 Å². The molecule has 15 heavy (non-hydrogen) atoms. The van der Waals surface area contributed by atoms with E-state index in [0.29, 0.717) is 0 Å². The number of hydrogen-bond acceptors (Lipinski definition) is 5. The van der Waals surface area contributed by atoms with Gasteiger partial charge in [-0.1, -0.05) is 0 Å². The van der Waals surface area contributed by atoms with Crippen molar-refractivity contribution in [1.29, 1.82) is 0 Å². The quantitative estimate of drug-likeness (QED) is 0.502. The summed E-state index contributed by atoms with van der Waals surface area (Å²) in [6.45, 7) is 0.963. The highest BCUT2D eigenvalue weighted by molar-refractivity contribution is 5.91. The minimum absolute atomic E-state index is 0.000441. The number of carbonyl (C=O) groups excluding carboxylic acids is 2. The zero-order valence-electron chi connectivity index (χ0n) is 8.60. The number of hydrogen-bond donors (Lipinski definition) is 0. The van der Waals surface area contributed by atoms with Gasteiger partial charge in [-0.05, 0) is 12.8 Å². The lowest BCUT2D eigenvalue weighted by molar-refractivity contribution is -0.141. The molecule has 1 atom stereocenters. The van der Waals surface area contributed by atoms with Crippen LogP contribution in [0.5, 0.6) is 0 Å². The van der Waals surface area contributed by atoms with Crippen LogP contribution in [-0.4, -0.2) is 38.4 Å². The van der Waals surface area contributed by atoms with Gasteiger partial charge in [-0.15, -0.1) is 0 Å². The van der Waals surface area contributed by atoms with Gasteiger partial charge in [0, 0.05) is 18.8 Å². The van der Waals surface area contributed by atoms with E-state index < -0.39 is 11.9 Å². The largest absolute Gasteiger partial charge is 0.466 e. The summed E-state index contributed by atoms with van der Waals surface area (Å²) in [5.74, 6) is -1.14. The first-order valence-electron chi connectivity index (χ1n) is 4.76. The Kier molecular flexibility index (Phi) is 4.83. The summed E-state index contributed by atoms with van der Waals surface area (Å²) in [4.78, 5) is 21.7. The predicted molar refractivity (Wildman–Crippen MR) is 51.1 cm³/mol. The van der Waals surface area contributed by atoms with Gasteiger partial charge in [0.1, 0.15) is 6.61 Å². The van der Waals surface area contributed by atoms with Gasteiger partial charge in [0.2, 0.25) is 0 Å². The van der Waals surface area contributed by atoms with Crippen molar-refractivity contribution < 1.29 is 23.8 Å². The lowest BCUT2D eigenvalue weighted by Crippen LogP contribution is -2.16. The van der Waals surface area contributed by atoms with E-state index in [1.54, 1.807) is 0 Å². The van der Waals surface area contributed by atoms with Crippen LogP contribution in [0.3, 0.4) is 0 Å². The lowest BCUT2D eigenvalue weighted by atomic mass is 10.2. The Morgan fingerprint density at radius 2 is 2.13 bits per heavy atom. The van der Waals surface area contributed by atoms with E-state index >= 15 is 0 Å². The molecule has 0 aromatic heterocycles. The van der Waals surface area contributed by atoms with Crippen LogP contribution in [0.4, 0.5) is 0 Å². The van der Waals surface area contributed by atoms with Gasteiger partial charge in [0.25, 0.3) is 0 Å². The molecule has 1 saturated heterocycles. The van der Waals surface area contributed by atoms with Crippen LogP contribution >= 0.6 is 0 Å². The van der Waals surface area contributed by atoms with Gasteiger partial charge in [0.05, 0.1) is 13.2 Å². The second kappa shape index (κ2) is 6.19. The van der Waals surface area contributed by atoms with Gasteiger partial charge in [-0.3, -0.25) is 0 Å². The molecule has 1 aliphatic heterocycles. The standard InChI is InChI=1S/C10H14O5/c1-13-9(11)4-5-10(12)15-7-8-3-2-6-14-8/h4-5,8H,2-3,6-7H2,1H3/b5-4+. The molecule has 1 heterocycles. The highest BCUT2D eigenvalue weighted by Gasteiger charge is 2.16. The first kappa shape index (κ1) is 11.7. The molecule has 0 amide bonds.